The average Bonchev–Trinajstić information content (AvgIpc) is 2.62. The molecule has 0 saturated carbocycles. The molecule has 0 bridgehead atoms. The summed E-state index contributed by atoms with van der Waals surface area (Å²) >= 11 is 0. The summed E-state index contributed by atoms with van der Waals surface area (Å²) in [6, 6.07) is 12.3. The molecular formula is C19H24FN3O2. The number of halogens is 1. The van der Waals surface area contributed by atoms with Crippen molar-refractivity contribution >= 4 is 5.96 Å². The van der Waals surface area contributed by atoms with E-state index in [-0.39, 0.29) is 5.82 Å². The highest BCUT2D eigenvalue weighted by molar-refractivity contribution is 5.79. The number of hydrogen-bond acceptors (Lipinski definition) is 3. The number of nitrogens with zero attached hydrogens (tertiary/aromatic N) is 2. The molecule has 0 aliphatic rings. The van der Waals surface area contributed by atoms with Crippen molar-refractivity contribution in [3.63, 3.8) is 0 Å². The maximum absolute atomic E-state index is 13.3. The fraction of sp³-hybridized carbons (Fsp3) is 0.316. The zero-order chi connectivity index (χ0) is 18.2. The van der Waals surface area contributed by atoms with Gasteiger partial charge in [-0.3, -0.25) is 4.99 Å². The molecule has 0 aromatic heterocycles. The van der Waals surface area contributed by atoms with Gasteiger partial charge in [-0.1, -0.05) is 18.2 Å². The van der Waals surface area contributed by atoms with Crippen LogP contribution in [0.2, 0.25) is 0 Å². The molecule has 0 spiro atoms. The van der Waals surface area contributed by atoms with Crippen molar-refractivity contribution in [3.05, 3.63) is 59.4 Å². The summed E-state index contributed by atoms with van der Waals surface area (Å²) in [5, 5.41) is 3.29. The Morgan fingerprint density at radius 2 is 1.84 bits per heavy atom. The number of hydrogen-bond donors (Lipinski definition) is 1. The molecule has 0 atom stereocenters. The molecule has 0 heterocycles. The zero-order valence-corrected chi connectivity index (χ0v) is 15.0. The second-order valence-corrected chi connectivity index (χ2v) is 5.58. The third kappa shape index (κ3) is 5.11. The summed E-state index contributed by atoms with van der Waals surface area (Å²) in [5.41, 5.74) is 1.93. The van der Waals surface area contributed by atoms with E-state index < -0.39 is 0 Å². The van der Waals surface area contributed by atoms with Crippen LogP contribution in [-0.4, -0.2) is 39.2 Å². The van der Waals surface area contributed by atoms with Crippen molar-refractivity contribution in [3.8, 4) is 11.5 Å². The molecule has 1 N–H and O–H groups in total. The Morgan fingerprint density at radius 3 is 2.48 bits per heavy atom. The predicted molar refractivity (Wildman–Crippen MR) is 97.6 cm³/mol. The van der Waals surface area contributed by atoms with Crippen LogP contribution in [0.25, 0.3) is 0 Å². The maximum atomic E-state index is 13.3. The predicted octanol–water partition coefficient (Wildman–Crippen LogP) is 3.05. The van der Waals surface area contributed by atoms with Gasteiger partial charge >= 0.3 is 0 Å². The van der Waals surface area contributed by atoms with E-state index in [1.54, 1.807) is 27.3 Å². The minimum Gasteiger partial charge on any atom is -0.493 e. The van der Waals surface area contributed by atoms with Crippen molar-refractivity contribution in [1.29, 1.82) is 0 Å². The summed E-state index contributed by atoms with van der Waals surface area (Å²) in [7, 11) is 6.85. The number of rotatable bonds is 6. The molecule has 2 rings (SSSR count). The molecule has 25 heavy (non-hydrogen) atoms. The van der Waals surface area contributed by atoms with Gasteiger partial charge in [-0.05, 0) is 35.4 Å². The first kappa shape index (κ1) is 18.6. The summed E-state index contributed by atoms with van der Waals surface area (Å²) in [6.45, 7) is 1.14. The molecule has 0 amide bonds. The molecule has 0 unspecified atom stereocenters. The molecule has 6 heteroatoms. The summed E-state index contributed by atoms with van der Waals surface area (Å²) in [6.07, 6.45) is 0. The van der Waals surface area contributed by atoms with E-state index in [1.165, 1.54) is 12.1 Å². The Balaban J connectivity index is 2.00. The Hall–Kier alpha value is -2.76. The van der Waals surface area contributed by atoms with Crippen molar-refractivity contribution in [2.24, 2.45) is 4.99 Å². The summed E-state index contributed by atoms with van der Waals surface area (Å²) in [5.74, 6) is 1.86. The molecule has 134 valence electrons. The van der Waals surface area contributed by atoms with Gasteiger partial charge in [0.2, 0.25) is 0 Å². The lowest BCUT2D eigenvalue weighted by atomic mass is 10.2. The van der Waals surface area contributed by atoms with Crippen molar-refractivity contribution < 1.29 is 13.9 Å². The number of guanidine groups is 1. The Kier molecular flexibility index (Phi) is 6.62. The van der Waals surface area contributed by atoms with Crippen LogP contribution in [0, 0.1) is 5.82 Å². The Labute approximate surface area is 148 Å². The van der Waals surface area contributed by atoms with E-state index in [9.17, 15) is 4.39 Å². The molecule has 5 nitrogen and oxygen atoms in total. The van der Waals surface area contributed by atoms with Crippen LogP contribution in [0.3, 0.4) is 0 Å². The first-order valence-corrected chi connectivity index (χ1v) is 7.94. The Morgan fingerprint density at radius 1 is 1.08 bits per heavy atom. The molecule has 2 aromatic rings. The van der Waals surface area contributed by atoms with Crippen molar-refractivity contribution in [2.75, 3.05) is 28.3 Å². The average molecular weight is 345 g/mol. The first-order chi connectivity index (χ1) is 12.1. The van der Waals surface area contributed by atoms with Gasteiger partial charge in [0.15, 0.2) is 17.5 Å². The smallest absolute Gasteiger partial charge is 0.193 e. The minimum atomic E-state index is -0.237. The summed E-state index contributed by atoms with van der Waals surface area (Å²) in [4.78, 5) is 6.22. The number of aliphatic imine (C=N–C) groups is 1. The monoisotopic (exact) mass is 345 g/mol. The van der Waals surface area contributed by atoms with E-state index in [2.05, 4.69) is 10.3 Å². The van der Waals surface area contributed by atoms with Gasteiger partial charge < -0.3 is 19.7 Å². The van der Waals surface area contributed by atoms with Crippen LogP contribution >= 0.6 is 0 Å². The minimum absolute atomic E-state index is 0.237. The van der Waals surface area contributed by atoms with E-state index in [1.807, 2.05) is 36.2 Å². The normalized spacial score (nSPS) is 11.2. The van der Waals surface area contributed by atoms with Gasteiger partial charge in [-0.15, -0.1) is 0 Å². The highest BCUT2D eigenvalue weighted by Gasteiger charge is 2.09. The molecule has 2 aromatic carbocycles. The number of nitrogens with one attached hydrogen (secondary N) is 1. The van der Waals surface area contributed by atoms with Crippen LogP contribution in [0.1, 0.15) is 11.1 Å². The van der Waals surface area contributed by atoms with Gasteiger partial charge in [0.05, 0.1) is 14.2 Å². The summed E-state index contributed by atoms with van der Waals surface area (Å²) < 4.78 is 23.9. The third-order valence-electron chi connectivity index (χ3n) is 3.78. The van der Waals surface area contributed by atoms with Gasteiger partial charge in [0.1, 0.15) is 5.82 Å². The van der Waals surface area contributed by atoms with Crippen LogP contribution in [0.4, 0.5) is 4.39 Å². The third-order valence-corrected chi connectivity index (χ3v) is 3.78. The van der Waals surface area contributed by atoms with E-state index >= 15 is 0 Å². The van der Waals surface area contributed by atoms with Gasteiger partial charge in [-0.2, -0.15) is 0 Å². The van der Waals surface area contributed by atoms with Crippen LogP contribution in [-0.2, 0) is 13.1 Å². The van der Waals surface area contributed by atoms with E-state index in [0.717, 1.165) is 17.1 Å². The molecule has 0 aliphatic heterocycles. The standard InChI is InChI=1S/C19H24FN3O2/c1-21-19(23(2)13-15-6-5-7-16(20)10-15)22-12-14-8-9-17(24-3)18(11-14)25-4/h5-11H,12-13H2,1-4H3,(H,21,22). The Bertz CT molecular complexity index is 734. The molecular weight excluding hydrogens is 321 g/mol. The number of methoxy groups -OCH3 is 2. The second-order valence-electron chi connectivity index (χ2n) is 5.58. The molecule has 0 aliphatic carbocycles. The second kappa shape index (κ2) is 8.92. The van der Waals surface area contributed by atoms with Gasteiger partial charge in [0.25, 0.3) is 0 Å². The molecule has 0 saturated heterocycles. The lowest BCUT2D eigenvalue weighted by Gasteiger charge is -2.22. The molecule has 0 fully saturated rings. The number of benzene rings is 2. The maximum Gasteiger partial charge on any atom is 0.193 e. The van der Waals surface area contributed by atoms with Crippen molar-refractivity contribution in [2.45, 2.75) is 13.1 Å². The van der Waals surface area contributed by atoms with E-state index in [4.69, 9.17) is 9.47 Å². The van der Waals surface area contributed by atoms with Crippen molar-refractivity contribution in [1.82, 2.24) is 10.2 Å². The lowest BCUT2D eigenvalue weighted by Crippen LogP contribution is -2.38. The SMILES string of the molecule is CN=C(NCc1ccc(OC)c(OC)c1)N(C)Cc1cccc(F)c1. The highest BCUT2D eigenvalue weighted by Crippen LogP contribution is 2.27. The quantitative estimate of drug-likeness (QED) is 0.646. The molecule has 0 radical (unpaired) electrons. The topological polar surface area (TPSA) is 46.1 Å². The van der Waals surface area contributed by atoms with Crippen LogP contribution in [0.5, 0.6) is 11.5 Å². The lowest BCUT2D eigenvalue weighted by molar-refractivity contribution is 0.354. The van der Waals surface area contributed by atoms with Crippen LogP contribution < -0.4 is 14.8 Å². The van der Waals surface area contributed by atoms with Gasteiger partial charge in [-0.25, -0.2) is 4.39 Å². The largest absolute Gasteiger partial charge is 0.493 e. The fourth-order valence-corrected chi connectivity index (χ4v) is 2.54. The number of ether oxygens (including phenoxy) is 2. The highest BCUT2D eigenvalue weighted by atomic mass is 19.1. The van der Waals surface area contributed by atoms with Gasteiger partial charge in [0, 0.05) is 27.2 Å². The first-order valence-electron chi connectivity index (χ1n) is 7.94. The fourth-order valence-electron chi connectivity index (χ4n) is 2.54. The van der Waals surface area contributed by atoms with E-state index in [0.29, 0.717) is 24.6 Å². The van der Waals surface area contributed by atoms with Crippen LogP contribution in [0.15, 0.2) is 47.5 Å². The zero-order valence-electron chi connectivity index (χ0n) is 15.0.